The maximum Gasteiger partial charge on any atom is 0.283 e. The molecule has 0 amide bonds. The predicted octanol–water partition coefficient (Wildman–Crippen LogP) is 5.18. The molecule has 160 valence electrons. The molecular weight excluding hydrogens is 406 g/mol. The zero-order valence-corrected chi connectivity index (χ0v) is 18.2. The van der Waals surface area contributed by atoms with Gasteiger partial charge in [-0.25, -0.2) is 9.97 Å². The van der Waals surface area contributed by atoms with Crippen molar-refractivity contribution in [2.45, 2.75) is 24.8 Å². The Balaban J connectivity index is 1.50. The highest BCUT2D eigenvalue weighted by molar-refractivity contribution is 5.92. The monoisotopic (exact) mass is 430 g/mol. The standard InChI is InChI=1S/C28H23N5/c29-28(11-4-12-28)23-9-7-20(8-10-23)27-24(19-5-2-1-3-6-19)13-21-14-25(32-17-26(21)33-27)22-15-30-18-31-16-22/h1-3,5-10,13-18H,4,11-12,29H2/p+1. The molecule has 5 nitrogen and oxygen atoms in total. The van der Waals surface area contributed by atoms with E-state index in [0.29, 0.717) is 0 Å². The number of fused-ring (bicyclic) bond motifs is 1. The number of rotatable bonds is 4. The first-order valence-electron chi connectivity index (χ1n) is 11.3. The lowest BCUT2D eigenvalue weighted by molar-refractivity contribution is -0.382. The van der Waals surface area contributed by atoms with Crippen LogP contribution in [0.5, 0.6) is 0 Å². The number of pyridine rings is 2. The summed E-state index contributed by atoms with van der Waals surface area (Å²) < 4.78 is 0. The van der Waals surface area contributed by atoms with Gasteiger partial charge in [0, 0.05) is 22.1 Å². The number of aromatic amines is 1. The van der Waals surface area contributed by atoms with Crippen LogP contribution in [0, 0.1) is 0 Å². The summed E-state index contributed by atoms with van der Waals surface area (Å²) >= 11 is 0. The zero-order valence-electron chi connectivity index (χ0n) is 18.2. The Kier molecular flexibility index (Phi) is 4.70. The van der Waals surface area contributed by atoms with Gasteiger partial charge in [0.1, 0.15) is 6.20 Å². The van der Waals surface area contributed by atoms with Gasteiger partial charge in [0.25, 0.3) is 6.33 Å². The second-order valence-corrected chi connectivity index (χ2v) is 8.77. The van der Waals surface area contributed by atoms with Gasteiger partial charge in [0.05, 0.1) is 28.7 Å². The van der Waals surface area contributed by atoms with Crippen LogP contribution in [0.25, 0.3) is 44.5 Å². The number of aromatic nitrogens is 4. The van der Waals surface area contributed by atoms with Crippen LogP contribution in [0.2, 0.25) is 0 Å². The van der Waals surface area contributed by atoms with Crippen molar-refractivity contribution < 1.29 is 4.98 Å². The van der Waals surface area contributed by atoms with Crippen LogP contribution in [-0.2, 0) is 5.54 Å². The van der Waals surface area contributed by atoms with Gasteiger partial charge in [-0.1, -0.05) is 59.6 Å². The molecule has 1 fully saturated rings. The summed E-state index contributed by atoms with van der Waals surface area (Å²) in [6, 6.07) is 23.3. The highest BCUT2D eigenvalue weighted by Gasteiger charge is 2.34. The minimum atomic E-state index is -0.165. The van der Waals surface area contributed by atoms with Crippen molar-refractivity contribution in [3.05, 3.63) is 97.2 Å². The predicted molar refractivity (Wildman–Crippen MR) is 130 cm³/mol. The number of benzene rings is 2. The highest BCUT2D eigenvalue weighted by Crippen LogP contribution is 2.40. The molecule has 0 saturated heterocycles. The van der Waals surface area contributed by atoms with E-state index < -0.39 is 0 Å². The molecule has 1 aliphatic carbocycles. The van der Waals surface area contributed by atoms with Gasteiger partial charge in [-0.2, -0.15) is 0 Å². The molecule has 6 rings (SSSR count). The molecule has 0 bridgehead atoms. The third-order valence-electron chi connectivity index (χ3n) is 6.66. The van der Waals surface area contributed by atoms with Gasteiger partial charge in [0.15, 0.2) is 6.20 Å². The van der Waals surface area contributed by atoms with Crippen molar-refractivity contribution in [3.63, 3.8) is 0 Å². The topological polar surface area (TPSA) is 78.8 Å². The largest absolute Gasteiger partial charge is 0.321 e. The van der Waals surface area contributed by atoms with Gasteiger partial charge in [0.2, 0.25) is 0 Å². The Morgan fingerprint density at radius 3 is 2.36 bits per heavy atom. The number of H-pyrrole nitrogens is 1. The quantitative estimate of drug-likeness (QED) is 0.426. The van der Waals surface area contributed by atoms with E-state index in [2.05, 4.69) is 75.6 Å². The lowest BCUT2D eigenvalue weighted by Gasteiger charge is -2.38. The molecule has 1 aliphatic rings. The molecule has 2 aromatic carbocycles. The second-order valence-electron chi connectivity index (χ2n) is 8.77. The fraction of sp³-hybridized carbons (Fsp3) is 0.143. The Labute approximate surface area is 192 Å². The highest BCUT2D eigenvalue weighted by atomic mass is 14.8. The molecule has 1 saturated carbocycles. The average Bonchev–Trinajstić information content (AvgIpc) is 2.87. The minimum absolute atomic E-state index is 0.165. The molecule has 0 spiro atoms. The Bertz CT molecular complexity index is 1430. The smallest absolute Gasteiger partial charge is 0.283 e. The number of nitrogens with zero attached hydrogens (tertiary/aromatic N) is 3. The summed E-state index contributed by atoms with van der Waals surface area (Å²) in [6.45, 7) is 0. The van der Waals surface area contributed by atoms with Crippen molar-refractivity contribution >= 4 is 10.9 Å². The van der Waals surface area contributed by atoms with Crippen LogP contribution >= 0.6 is 0 Å². The normalized spacial score (nSPS) is 14.7. The van der Waals surface area contributed by atoms with Gasteiger partial charge in [-0.15, -0.1) is 0 Å². The van der Waals surface area contributed by atoms with Crippen molar-refractivity contribution in [3.8, 4) is 33.6 Å². The maximum atomic E-state index is 6.54. The third kappa shape index (κ3) is 3.56. The molecule has 0 atom stereocenters. The van der Waals surface area contributed by atoms with Crippen LogP contribution in [0.3, 0.4) is 0 Å². The average molecular weight is 431 g/mol. The molecule has 33 heavy (non-hydrogen) atoms. The van der Waals surface area contributed by atoms with E-state index >= 15 is 0 Å². The van der Waals surface area contributed by atoms with Gasteiger partial charge < -0.3 is 5.73 Å². The van der Waals surface area contributed by atoms with E-state index in [9.17, 15) is 0 Å². The van der Waals surface area contributed by atoms with Gasteiger partial charge >= 0.3 is 0 Å². The van der Waals surface area contributed by atoms with Crippen LogP contribution in [0.15, 0.2) is 91.6 Å². The van der Waals surface area contributed by atoms with Gasteiger partial charge in [-0.05, 0) is 42.5 Å². The molecular formula is C28H24N5+. The first-order chi connectivity index (χ1) is 16.2. The summed E-state index contributed by atoms with van der Waals surface area (Å²) in [5, 5.41) is 1.04. The zero-order chi connectivity index (χ0) is 22.3. The minimum Gasteiger partial charge on any atom is -0.321 e. The summed E-state index contributed by atoms with van der Waals surface area (Å²) in [5.74, 6) is 0. The molecule has 0 aliphatic heterocycles. The second kappa shape index (κ2) is 7.87. The van der Waals surface area contributed by atoms with E-state index in [1.54, 1.807) is 12.5 Å². The first-order valence-corrected chi connectivity index (χ1v) is 11.3. The number of nitrogens with two attached hydrogens (primary N) is 1. The van der Waals surface area contributed by atoms with Crippen LogP contribution in [0.1, 0.15) is 24.8 Å². The van der Waals surface area contributed by atoms with Crippen LogP contribution in [-0.4, -0.2) is 15.0 Å². The maximum absolute atomic E-state index is 6.54. The van der Waals surface area contributed by atoms with Crippen molar-refractivity contribution in [1.29, 1.82) is 0 Å². The van der Waals surface area contributed by atoms with Crippen molar-refractivity contribution in [1.82, 2.24) is 15.0 Å². The molecule has 3 aromatic heterocycles. The lowest BCUT2D eigenvalue weighted by Crippen LogP contribution is -2.43. The number of nitrogens with one attached hydrogen (secondary N) is 1. The molecule has 3 heterocycles. The molecule has 3 N–H and O–H groups in total. The third-order valence-corrected chi connectivity index (χ3v) is 6.66. The molecule has 0 radical (unpaired) electrons. The number of hydrogen-bond donors (Lipinski definition) is 1. The summed E-state index contributed by atoms with van der Waals surface area (Å²) in [6.07, 6.45) is 10.5. The van der Waals surface area contributed by atoms with Crippen LogP contribution < -0.4 is 10.7 Å². The molecule has 0 unspecified atom stereocenters. The van der Waals surface area contributed by atoms with E-state index in [-0.39, 0.29) is 5.54 Å². The Hall–Kier alpha value is -3.96. The fourth-order valence-corrected chi connectivity index (χ4v) is 4.56. The van der Waals surface area contributed by atoms with E-state index in [0.717, 1.165) is 57.4 Å². The number of hydrogen-bond acceptors (Lipinski definition) is 4. The van der Waals surface area contributed by atoms with Crippen LogP contribution in [0.4, 0.5) is 0 Å². The lowest BCUT2D eigenvalue weighted by atomic mass is 9.72. The van der Waals surface area contributed by atoms with Crippen molar-refractivity contribution in [2.75, 3.05) is 0 Å². The summed E-state index contributed by atoms with van der Waals surface area (Å²) in [4.78, 5) is 16.9. The molecule has 5 aromatic rings. The van der Waals surface area contributed by atoms with E-state index in [1.165, 1.54) is 12.0 Å². The first kappa shape index (κ1) is 19.7. The fourth-order valence-electron chi connectivity index (χ4n) is 4.56. The van der Waals surface area contributed by atoms with E-state index in [4.69, 9.17) is 10.7 Å². The SMILES string of the molecule is NC1(c2ccc(-c3nc4cnc(-c5cnc[nH+]c5)cc4cc3-c3ccccc3)cc2)CCC1. The van der Waals surface area contributed by atoms with Gasteiger partial charge in [-0.3, -0.25) is 4.98 Å². The Morgan fingerprint density at radius 2 is 1.67 bits per heavy atom. The summed E-state index contributed by atoms with van der Waals surface area (Å²) in [7, 11) is 0. The Morgan fingerprint density at radius 1 is 0.848 bits per heavy atom. The van der Waals surface area contributed by atoms with E-state index in [1.807, 2.05) is 18.5 Å². The van der Waals surface area contributed by atoms with Crippen molar-refractivity contribution in [2.24, 2.45) is 5.73 Å². The molecule has 5 heteroatoms. The summed E-state index contributed by atoms with van der Waals surface area (Å²) in [5.41, 5.74) is 14.5.